The molecule has 0 saturated carbocycles. The van der Waals surface area contributed by atoms with Crippen molar-refractivity contribution in [3.63, 3.8) is 0 Å². The maximum absolute atomic E-state index is 9.98. The molecule has 2 aromatic rings. The van der Waals surface area contributed by atoms with Crippen LogP contribution < -0.4 is 0 Å². The number of rotatable bonds is 5. The monoisotopic (exact) mass is 274 g/mol. The lowest BCUT2D eigenvalue weighted by molar-refractivity contribution is 0.0736. The number of hydrogen-bond donors (Lipinski definition) is 2. The normalized spacial score (nSPS) is 12.1. The zero-order valence-corrected chi connectivity index (χ0v) is 12.5. The third kappa shape index (κ3) is 3.87. The maximum atomic E-state index is 9.98. The number of aliphatic hydroxyl groups is 1. The Morgan fingerprint density at radius 2 is 1.90 bits per heavy atom. The van der Waals surface area contributed by atoms with E-state index in [-0.39, 0.29) is 0 Å². The van der Waals surface area contributed by atoms with E-state index in [1.807, 2.05) is 18.2 Å². The van der Waals surface area contributed by atoms with E-state index in [1.165, 1.54) is 0 Å². The highest BCUT2D eigenvalue weighted by Crippen LogP contribution is 2.17. The maximum Gasteiger partial charge on any atom is 0.136 e. The van der Waals surface area contributed by atoms with Crippen LogP contribution in [0.15, 0.2) is 18.2 Å². The topological polar surface area (TPSA) is 74.7 Å². The lowest BCUT2D eigenvalue weighted by atomic mass is 10.0. The summed E-state index contributed by atoms with van der Waals surface area (Å²) in [7, 11) is 0. The predicted molar refractivity (Wildman–Crippen MR) is 77.2 cm³/mol. The number of aromatic amines is 1. The van der Waals surface area contributed by atoms with Gasteiger partial charge in [-0.15, -0.1) is 10.2 Å². The Morgan fingerprint density at radius 1 is 1.20 bits per heavy atom. The molecule has 5 nitrogen and oxygen atoms in total. The van der Waals surface area contributed by atoms with Crippen molar-refractivity contribution in [2.45, 2.75) is 46.1 Å². The first kappa shape index (κ1) is 14.7. The van der Waals surface area contributed by atoms with E-state index in [9.17, 15) is 5.11 Å². The first-order valence-electron chi connectivity index (χ1n) is 6.94. The van der Waals surface area contributed by atoms with E-state index in [1.54, 1.807) is 13.8 Å². The largest absolute Gasteiger partial charge is 0.384 e. The van der Waals surface area contributed by atoms with Crippen LogP contribution >= 0.6 is 0 Å². The smallest absolute Gasteiger partial charge is 0.136 e. The number of nitrogens with one attached hydrogen (secondary N) is 1. The van der Waals surface area contributed by atoms with Gasteiger partial charge >= 0.3 is 0 Å². The van der Waals surface area contributed by atoms with Crippen LogP contribution in [0.1, 0.15) is 50.7 Å². The summed E-state index contributed by atoms with van der Waals surface area (Å²) in [6.45, 7) is 7.76. The van der Waals surface area contributed by atoms with Crippen LogP contribution in [0.4, 0.5) is 0 Å². The van der Waals surface area contributed by atoms with Crippen LogP contribution in [0.3, 0.4) is 0 Å². The molecule has 0 aliphatic rings. The number of nitrogens with zero attached hydrogens (tertiary/aromatic N) is 3. The van der Waals surface area contributed by atoms with Gasteiger partial charge in [0.25, 0.3) is 0 Å². The van der Waals surface area contributed by atoms with Gasteiger partial charge in [-0.2, -0.15) is 0 Å². The Morgan fingerprint density at radius 3 is 2.55 bits per heavy atom. The van der Waals surface area contributed by atoms with Crippen LogP contribution in [0.2, 0.25) is 0 Å². The standard InChI is InChI=1S/C15H22N4O/c1-10(2)8-13-17-14(19-18-13)9-11-6-5-7-12(16-11)15(3,4)20/h5-7,10,20H,8-9H2,1-4H3,(H,17,18,19). The van der Waals surface area contributed by atoms with Gasteiger partial charge in [0.1, 0.15) is 17.2 Å². The second kappa shape index (κ2) is 5.71. The van der Waals surface area contributed by atoms with Crippen molar-refractivity contribution in [3.05, 3.63) is 41.2 Å². The molecular formula is C15H22N4O. The molecule has 0 atom stereocenters. The molecule has 0 fully saturated rings. The summed E-state index contributed by atoms with van der Waals surface area (Å²) in [6.07, 6.45) is 1.49. The van der Waals surface area contributed by atoms with Crippen molar-refractivity contribution in [2.75, 3.05) is 0 Å². The highest BCUT2D eigenvalue weighted by Gasteiger charge is 2.18. The van der Waals surface area contributed by atoms with Crippen molar-refractivity contribution in [1.29, 1.82) is 0 Å². The summed E-state index contributed by atoms with van der Waals surface area (Å²) < 4.78 is 0. The summed E-state index contributed by atoms with van der Waals surface area (Å²) >= 11 is 0. The Labute approximate surface area is 119 Å². The molecule has 0 unspecified atom stereocenters. The molecule has 20 heavy (non-hydrogen) atoms. The van der Waals surface area contributed by atoms with Crippen molar-refractivity contribution in [2.24, 2.45) is 5.92 Å². The Balaban J connectivity index is 2.12. The fraction of sp³-hybridized carbons (Fsp3) is 0.533. The van der Waals surface area contributed by atoms with E-state index in [4.69, 9.17) is 0 Å². The van der Waals surface area contributed by atoms with Gasteiger partial charge in [-0.05, 0) is 31.9 Å². The van der Waals surface area contributed by atoms with Crippen LogP contribution in [0.25, 0.3) is 0 Å². The molecule has 0 bridgehead atoms. The molecule has 0 aliphatic carbocycles. The number of aromatic nitrogens is 4. The van der Waals surface area contributed by atoms with Crippen molar-refractivity contribution < 1.29 is 5.11 Å². The SMILES string of the molecule is CC(C)Cc1nnc(Cc2cccc(C(C)(C)O)n2)[nH]1. The molecule has 108 valence electrons. The summed E-state index contributed by atoms with van der Waals surface area (Å²) in [5.74, 6) is 2.27. The first-order chi connectivity index (χ1) is 9.34. The van der Waals surface area contributed by atoms with Crippen molar-refractivity contribution in [3.8, 4) is 0 Å². The van der Waals surface area contributed by atoms with Gasteiger partial charge in [-0.25, -0.2) is 0 Å². The molecule has 2 heterocycles. The van der Waals surface area contributed by atoms with Crippen LogP contribution in [0.5, 0.6) is 0 Å². The Hall–Kier alpha value is -1.75. The average Bonchev–Trinajstić information content (AvgIpc) is 2.75. The lowest BCUT2D eigenvalue weighted by Gasteiger charge is -2.16. The van der Waals surface area contributed by atoms with Crippen LogP contribution in [-0.2, 0) is 18.4 Å². The molecular weight excluding hydrogens is 252 g/mol. The van der Waals surface area contributed by atoms with Crippen LogP contribution in [0, 0.1) is 5.92 Å². The second-order valence-electron chi connectivity index (χ2n) is 6.07. The summed E-state index contributed by atoms with van der Waals surface area (Å²) in [6, 6.07) is 5.66. The van der Waals surface area contributed by atoms with E-state index in [0.717, 1.165) is 23.8 Å². The highest BCUT2D eigenvalue weighted by molar-refractivity contribution is 5.18. The molecule has 2 N–H and O–H groups in total. The van der Waals surface area contributed by atoms with E-state index < -0.39 is 5.60 Å². The molecule has 5 heteroatoms. The summed E-state index contributed by atoms with van der Waals surface area (Å²) in [5, 5.41) is 18.3. The quantitative estimate of drug-likeness (QED) is 0.876. The van der Waals surface area contributed by atoms with Crippen molar-refractivity contribution in [1.82, 2.24) is 20.2 Å². The zero-order valence-electron chi connectivity index (χ0n) is 12.5. The molecule has 2 rings (SSSR count). The number of H-pyrrole nitrogens is 1. The van der Waals surface area contributed by atoms with Gasteiger partial charge in [-0.1, -0.05) is 19.9 Å². The van der Waals surface area contributed by atoms with Gasteiger partial charge in [0.2, 0.25) is 0 Å². The average molecular weight is 274 g/mol. The minimum absolute atomic E-state index is 0.549. The highest BCUT2D eigenvalue weighted by atomic mass is 16.3. The van der Waals surface area contributed by atoms with Gasteiger partial charge in [0.05, 0.1) is 12.1 Å². The number of pyridine rings is 1. The second-order valence-corrected chi connectivity index (χ2v) is 6.07. The van der Waals surface area contributed by atoms with E-state index >= 15 is 0 Å². The predicted octanol–water partition coefficient (Wildman–Crippen LogP) is 2.22. The fourth-order valence-electron chi connectivity index (χ4n) is 1.99. The minimum atomic E-state index is -0.930. The van der Waals surface area contributed by atoms with E-state index in [0.29, 0.717) is 18.0 Å². The molecule has 0 aliphatic heterocycles. The molecule has 0 amide bonds. The number of hydrogen-bond acceptors (Lipinski definition) is 4. The lowest BCUT2D eigenvalue weighted by Crippen LogP contribution is -2.18. The first-order valence-corrected chi connectivity index (χ1v) is 6.94. The zero-order chi connectivity index (χ0) is 14.8. The Bertz CT molecular complexity index is 569. The van der Waals surface area contributed by atoms with Gasteiger partial charge in [-0.3, -0.25) is 4.98 Å². The fourth-order valence-corrected chi connectivity index (χ4v) is 1.99. The van der Waals surface area contributed by atoms with E-state index in [2.05, 4.69) is 34.0 Å². The van der Waals surface area contributed by atoms with Gasteiger partial charge in [0.15, 0.2) is 0 Å². The third-order valence-corrected chi connectivity index (χ3v) is 2.96. The molecule has 0 aromatic carbocycles. The third-order valence-electron chi connectivity index (χ3n) is 2.96. The van der Waals surface area contributed by atoms with Gasteiger partial charge < -0.3 is 10.1 Å². The molecule has 0 saturated heterocycles. The molecule has 2 aromatic heterocycles. The Kier molecular flexibility index (Phi) is 4.18. The van der Waals surface area contributed by atoms with Crippen molar-refractivity contribution >= 4 is 0 Å². The summed E-state index contributed by atoms with van der Waals surface area (Å²) in [4.78, 5) is 7.70. The summed E-state index contributed by atoms with van der Waals surface area (Å²) in [5.41, 5.74) is 0.606. The van der Waals surface area contributed by atoms with Gasteiger partial charge in [0, 0.05) is 12.1 Å². The van der Waals surface area contributed by atoms with Crippen LogP contribution in [-0.4, -0.2) is 25.3 Å². The molecule has 0 radical (unpaired) electrons. The minimum Gasteiger partial charge on any atom is -0.384 e. The molecule has 0 spiro atoms.